The Kier molecular flexibility index (Phi) is 4.12. The molecule has 3 aliphatic rings. The quantitative estimate of drug-likeness (QED) is 0.868. The minimum atomic E-state index is -0.320. The van der Waals surface area contributed by atoms with Crippen molar-refractivity contribution in [2.45, 2.75) is 18.9 Å². The number of ether oxygens (including phenoxy) is 2. The molecule has 0 atom stereocenters. The fourth-order valence-electron chi connectivity index (χ4n) is 3.40. The number of anilines is 1. The number of likely N-dealkylation sites (tertiary alicyclic amines) is 1. The first kappa shape index (κ1) is 16.0. The lowest BCUT2D eigenvalue weighted by atomic mass is 10.1. The largest absolute Gasteiger partial charge is 0.454 e. The molecule has 0 saturated carbocycles. The minimum absolute atomic E-state index is 0.0622. The number of urea groups is 1. The molecule has 3 aliphatic heterocycles. The van der Waals surface area contributed by atoms with E-state index in [1.165, 1.54) is 0 Å². The van der Waals surface area contributed by atoms with Crippen molar-refractivity contribution in [3.8, 4) is 11.5 Å². The summed E-state index contributed by atoms with van der Waals surface area (Å²) in [6, 6.07) is 5.22. The summed E-state index contributed by atoms with van der Waals surface area (Å²) in [7, 11) is 0. The highest BCUT2D eigenvalue weighted by Crippen LogP contribution is 2.36. The first-order valence-electron chi connectivity index (χ1n) is 8.54. The van der Waals surface area contributed by atoms with Gasteiger partial charge in [-0.15, -0.1) is 0 Å². The van der Waals surface area contributed by atoms with Crippen LogP contribution in [-0.4, -0.2) is 72.5 Å². The monoisotopic (exact) mass is 347 g/mol. The van der Waals surface area contributed by atoms with E-state index in [9.17, 15) is 14.7 Å². The highest BCUT2D eigenvalue weighted by molar-refractivity contribution is 5.96. The standard InChI is InChI=1S/C17H21N3O5/c21-13-3-5-18(6-4-13)16(22)10-19-7-8-20(17(19)23)12-1-2-14-15(9-12)25-11-24-14/h1-2,9,13,21H,3-8,10-11H2. The van der Waals surface area contributed by atoms with E-state index in [-0.39, 0.29) is 31.4 Å². The van der Waals surface area contributed by atoms with Gasteiger partial charge in [0.2, 0.25) is 12.7 Å². The van der Waals surface area contributed by atoms with E-state index in [4.69, 9.17) is 9.47 Å². The summed E-state index contributed by atoms with van der Waals surface area (Å²) in [6.07, 6.45) is 0.880. The van der Waals surface area contributed by atoms with Crippen LogP contribution < -0.4 is 14.4 Å². The van der Waals surface area contributed by atoms with E-state index in [0.717, 1.165) is 5.69 Å². The molecule has 0 aliphatic carbocycles. The highest BCUT2D eigenvalue weighted by Gasteiger charge is 2.33. The molecule has 1 aromatic carbocycles. The molecule has 3 amide bonds. The molecule has 1 aromatic rings. The number of carbonyl (C=O) groups excluding carboxylic acids is 2. The Morgan fingerprint density at radius 2 is 1.88 bits per heavy atom. The van der Waals surface area contributed by atoms with E-state index in [1.54, 1.807) is 26.8 Å². The summed E-state index contributed by atoms with van der Waals surface area (Å²) < 4.78 is 10.6. The number of fused-ring (bicyclic) bond motifs is 1. The Labute approximate surface area is 145 Å². The maximum atomic E-state index is 12.6. The molecule has 0 spiro atoms. The molecular weight excluding hydrogens is 326 g/mol. The first-order chi connectivity index (χ1) is 12.1. The van der Waals surface area contributed by atoms with Gasteiger partial charge in [0.15, 0.2) is 11.5 Å². The van der Waals surface area contributed by atoms with Crippen molar-refractivity contribution >= 4 is 17.6 Å². The molecule has 0 aromatic heterocycles. The number of aliphatic hydroxyl groups is 1. The Morgan fingerprint density at radius 3 is 2.68 bits per heavy atom. The van der Waals surface area contributed by atoms with Crippen LogP contribution in [0.2, 0.25) is 0 Å². The first-order valence-corrected chi connectivity index (χ1v) is 8.54. The highest BCUT2D eigenvalue weighted by atomic mass is 16.7. The zero-order valence-electron chi connectivity index (χ0n) is 13.9. The van der Waals surface area contributed by atoms with Gasteiger partial charge in [-0.3, -0.25) is 9.69 Å². The van der Waals surface area contributed by atoms with Crippen LogP contribution in [0.25, 0.3) is 0 Å². The van der Waals surface area contributed by atoms with E-state index in [1.807, 2.05) is 6.07 Å². The summed E-state index contributed by atoms with van der Waals surface area (Å²) in [6.45, 7) is 2.41. The average Bonchev–Trinajstić information content (AvgIpc) is 3.22. The van der Waals surface area contributed by atoms with E-state index in [2.05, 4.69) is 0 Å². The van der Waals surface area contributed by atoms with Gasteiger partial charge in [0.1, 0.15) is 6.54 Å². The van der Waals surface area contributed by atoms with Gasteiger partial charge in [-0.2, -0.15) is 0 Å². The fraction of sp³-hybridized carbons (Fsp3) is 0.529. The van der Waals surface area contributed by atoms with Gasteiger partial charge in [0, 0.05) is 37.9 Å². The van der Waals surface area contributed by atoms with Gasteiger partial charge < -0.3 is 24.4 Å². The Morgan fingerprint density at radius 1 is 1.12 bits per heavy atom. The second-order valence-electron chi connectivity index (χ2n) is 6.51. The molecular formula is C17H21N3O5. The van der Waals surface area contributed by atoms with Crippen molar-refractivity contribution in [1.29, 1.82) is 0 Å². The van der Waals surface area contributed by atoms with E-state index < -0.39 is 0 Å². The smallest absolute Gasteiger partial charge is 0.325 e. The molecule has 1 N–H and O–H groups in total. The number of nitrogens with zero attached hydrogens (tertiary/aromatic N) is 3. The number of carbonyl (C=O) groups is 2. The Bertz CT molecular complexity index is 687. The fourth-order valence-corrected chi connectivity index (χ4v) is 3.40. The molecule has 0 bridgehead atoms. The predicted molar refractivity (Wildman–Crippen MR) is 88.7 cm³/mol. The number of hydrogen-bond donors (Lipinski definition) is 1. The van der Waals surface area contributed by atoms with Crippen LogP contribution in [0.3, 0.4) is 0 Å². The lowest BCUT2D eigenvalue weighted by Gasteiger charge is -2.30. The van der Waals surface area contributed by atoms with Gasteiger partial charge in [-0.05, 0) is 25.0 Å². The Balaban J connectivity index is 1.39. The number of piperidine rings is 1. The maximum Gasteiger partial charge on any atom is 0.325 e. The molecule has 0 unspecified atom stereocenters. The molecule has 8 heteroatoms. The SMILES string of the molecule is O=C(CN1CCN(c2ccc3c(c2)OCO3)C1=O)N1CCC(O)CC1. The molecule has 3 heterocycles. The zero-order chi connectivity index (χ0) is 17.4. The number of hydrogen-bond acceptors (Lipinski definition) is 5. The zero-order valence-corrected chi connectivity index (χ0v) is 13.9. The third kappa shape index (κ3) is 3.09. The number of benzene rings is 1. The van der Waals surface area contributed by atoms with Gasteiger partial charge in [-0.25, -0.2) is 4.79 Å². The summed E-state index contributed by atoms with van der Waals surface area (Å²) in [5.74, 6) is 1.24. The minimum Gasteiger partial charge on any atom is -0.454 e. The topological polar surface area (TPSA) is 82.6 Å². The molecule has 2 saturated heterocycles. The Hall–Kier alpha value is -2.48. The number of amides is 3. The van der Waals surface area contributed by atoms with Crippen molar-refractivity contribution in [3.05, 3.63) is 18.2 Å². The molecule has 134 valence electrons. The third-order valence-corrected chi connectivity index (χ3v) is 4.91. The van der Waals surface area contributed by atoms with Crippen LogP contribution in [0.1, 0.15) is 12.8 Å². The number of rotatable bonds is 3. The van der Waals surface area contributed by atoms with Gasteiger partial charge in [0.05, 0.1) is 6.10 Å². The van der Waals surface area contributed by atoms with Gasteiger partial charge >= 0.3 is 6.03 Å². The maximum absolute atomic E-state index is 12.6. The van der Waals surface area contributed by atoms with Crippen LogP contribution in [0.4, 0.5) is 10.5 Å². The predicted octanol–water partition coefficient (Wildman–Crippen LogP) is 0.641. The molecule has 4 rings (SSSR count). The van der Waals surface area contributed by atoms with E-state index in [0.29, 0.717) is 50.5 Å². The second kappa shape index (κ2) is 6.44. The number of aliphatic hydroxyl groups excluding tert-OH is 1. The van der Waals surface area contributed by atoms with Crippen molar-refractivity contribution in [2.75, 3.05) is 44.4 Å². The van der Waals surface area contributed by atoms with E-state index >= 15 is 0 Å². The van der Waals surface area contributed by atoms with Crippen LogP contribution >= 0.6 is 0 Å². The van der Waals surface area contributed by atoms with Crippen molar-refractivity contribution in [1.82, 2.24) is 9.80 Å². The summed E-state index contributed by atoms with van der Waals surface area (Å²) in [5.41, 5.74) is 0.741. The van der Waals surface area contributed by atoms with Crippen LogP contribution in [0, 0.1) is 0 Å². The van der Waals surface area contributed by atoms with Crippen LogP contribution in [-0.2, 0) is 4.79 Å². The third-order valence-electron chi connectivity index (χ3n) is 4.91. The molecule has 25 heavy (non-hydrogen) atoms. The van der Waals surface area contributed by atoms with Crippen molar-refractivity contribution < 1.29 is 24.2 Å². The normalized spacial score (nSPS) is 20.5. The second-order valence-corrected chi connectivity index (χ2v) is 6.51. The molecule has 8 nitrogen and oxygen atoms in total. The van der Waals surface area contributed by atoms with Crippen LogP contribution in [0.5, 0.6) is 11.5 Å². The van der Waals surface area contributed by atoms with Gasteiger partial charge in [0.25, 0.3) is 0 Å². The summed E-state index contributed by atoms with van der Waals surface area (Å²) >= 11 is 0. The van der Waals surface area contributed by atoms with Crippen molar-refractivity contribution in [3.63, 3.8) is 0 Å². The molecule has 0 radical (unpaired) electrons. The van der Waals surface area contributed by atoms with Crippen molar-refractivity contribution in [2.24, 2.45) is 0 Å². The van der Waals surface area contributed by atoms with Crippen LogP contribution in [0.15, 0.2) is 18.2 Å². The lowest BCUT2D eigenvalue weighted by Crippen LogP contribution is -2.46. The molecule has 2 fully saturated rings. The summed E-state index contributed by atoms with van der Waals surface area (Å²) in [4.78, 5) is 30.0. The van der Waals surface area contributed by atoms with Gasteiger partial charge in [-0.1, -0.05) is 0 Å². The average molecular weight is 347 g/mol. The lowest BCUT2D eigenvalue weighted by molar-refractivity contribution is -0.133. The summed E-state index contributed by atoms with van der Waals surface area (Å²) in [5, 5.41) is 9.53.